The number of rotatable bonds is 4. The molecule has 0 atom stereocenters. The first kappa shape index (κ1) is 18.5. The van der Waals surface area contributed by atoms with E-state index >= 15 is 0 Å². The van der Waals surface area contributed by atoms with Crippen molar-refractivity contribution in [3.8, 4) is 0 Å². The Labute approximate surface area is 145 Å². The van der Waals surface area contributed by atoms with Crippen LogP contribution in [0.25, 0.3) is 6.08 Å². The standard InChI is InChI=1S/C17H11ClF3NO3/c1-25-17(24)10-7-15(14(21)8-13(10)20)22-16(23)5-3-9-2-4-12(19)11(18)6-9/h2-8H,1H3,(H,22,23)/b5-3+. The number of carbonyl (C=O) groups excluding carboxylic acids is 2. The van der Waals surface area contributed by atoms with Gasteiger partial charge in [0.05, 0.1) is 23.4 Å². The zero-order chi connectivity index (χ0) is 18.6. The van der Waals surface area contributed by atoms with Crippen molar-refractivity contribution < 1.29 is 27.5 Å². The zero-order valence-corrected chi connectivity index (χ0v) is 13.5. The Morgan fingerprint density at radius 2 is 1.80 bits per heavy atom. The molecule has 2 aromatic carbocycles. The summed E-state index contributed by atoms with van der Waals surface area (Å²) in [4.78, 5) is 23.2. The molecule has 0 saturated heterocycles. The fourth-order valence-corrected chi connectivity index (χ4v) is 2.06. The minimum absolute atomic E-state index is 0.116. The molecular formula is C17H11ClF3NO3. The van der Waals surface area contributed by atoms with E-state index in [0.717, 1.165) is 25.3 Å². The lowest BCUT2D eigenvalue weighted by molar-refractivity contribution is -0.111. The van der Waals surface area contributed by atoms with Gasteiger partial charge >= 0.3 is 5.97 Å². The molecular weight excluding hydrogens is 359 g/mol. The van der Waals surface area contributed by atoms with Gasteiger partial charge in [0.1, 0.15) is 17.5 Å². The van der Waals surface area contributed by atoms with Crippen molar-refractivity contribution in [3.05, 3.63) is 70.0 Å². The van der Waals surface area contributed by atoms with Gasteiger partial charge in [0.25, 0.3) is 0 Å². The van der Waals surface area contributed by atoms with E-state index in [-0.39, 0.29) is 5.02 Å². The van der Waals surface area contributed by atoms with E-state index in [1.165, 1.54) is 18.2 Å². The first-order chi connectivity index (χ1) is 11.8. The number of hydrogen-bond donors (Lipinski definition) is 1. The Bertz CT molecular complexity index is 868. The Hall–Kier alpha value is -2.80. The molecule has 25 heavy (non-hydrogen) atoms. The van der Waals surface area contributed by atoms with Crippen LogP contribution < -0.4 is 5.32 Å². The number of nitrogens with one attached hydrogen (secondary N) is 1. The second-order valence-corrected chi connectivity index (χ2v) is 5.21. The van der Waals surface area contributed by atoms with E-state index in [0.29, 0.717) is 11.6 Å². The molecule has 130 valence electrons. The molecule has 0 unspecified atom stereocenters. The maximum atomic E-state index is 13.7. The van der Waals surface area contributed by atoms with E-state index in [4.69, 9.17) is 11.6 Å². The third-order valence-corrected chi connectivity index (χ3v) is 3.38. The Balaban J connectivity index is 2.18. The lowest BCUT2D eigenvalue weighted by atomic mass is 10.1. The quantitative estimate of drug-likeness (QED) is 0.649. The minimum atomic E-state index is -1.11. The van der Waals surface area contributed by atoms with Crippen LogP contribution in [0.4, 0.5) is 18.9 Å². The predicted octanol–water partition coefficient (Wildman–Crippen LogP) is 4.20. The molecule has 4 nitrogen and oxygen atoms in total. The molecule has 0 aliphatic heterocycles. The number of amides is 1. The van der Waals surface area contributed by atoms with Crippen LogP contribution in [-0.2, 0) is 9.53 Å². The molecule has 0 heterocycles. The third kappa shape index (κ3) is 4.60. The van der Waals surface area contributed by atoms with E-state index in [1.54, 1.807) is 0 Å². The van der Waals surface area contributed by atoms with Gasteiger partial charge in [0.2, 0.25) is 5.91 Å². The first-order valence-corrected chi connectivity index (χ1v) is 7.21. The summed E-state index contributed by atoms with van der Waals surface area (Å²) >= 11 is 5.62. The molecule has 8 heteroatoms. The molecule has 2 rings (SSSR count). The van der Waals surface area contributed by atoms with Crippen molar-refractivity contribution in [1.29, 1.82) is 0 Å². The van der Waals surface area contributed by atoms with Crippen LogP contribution in [0.2, 0.25) is 5.02 Å². The maximum absolute atomic E-state index is 13.7. The largest absolute Gasteiger partial charge is 0.465 e. The lowest BCUT2D eigenvalue weighted by Gasteiger charge is -2.07. The smallest absolute Gasteiger partial charge is 0.340 e. The fraction of sp³-hybridized carbons (Fsp3) is 0.0588. The van der Waals surface area contributed by atoms with E-state index in [2.05, 4.69) is 10.1 Å². The summed E-state index contributed by atoms with van der Waals surface area (Å²) in [5.41, 5.74) is -0.474. The lowest BCUT2D eigenvalue weighted by Crippen LogP contribution is -2.12. The van der Waals surface area contributed by atoms with Gasteiger partial charge < -0.3 is 10.1 Å². The molecule has 0 aromatic heterocycles. The first-order valence-electron chi connectivity index (χ1n) is 6.83. The van der Waals surface area contributed by atoms with Crippen molar-refractivity contribution in [2.75, 3.05) is 12.4 Å². The minimum Gasteiger partial charge on any atom is -0.465 e. The van der Waals surface area contributed by atoms with Crippen molar-refractivity contribution in [2.45, 2.75) is 0 Å². The summed E-state index contributed by atoms with van der Waals surface area (Å²) in [6.07, 6.45) is 2.37. The average Bonchev–Trinajstić information content (AvgIpc) is 2.57. The van der Waals surface area contributed by atoms with Gasteiger partial charge in [-0.25, -0.2) is 18.0 Å². The number of halogens is 4. The van der Waals surface area contributed by atoms with Crippen LogP contribution in [0.5, 0.6) is 0 Å². The predicted molar refractivity (Wildman–Crippen MR) is 86.8 cm³/mol. The van der Waals surface area contributed by atoms with Gasteiger partial charge in [-0.3, -0.25) is 4.79 Å². The highest BCUT2D eigenvalue weighted by molar-refractivity contribution is 6.30. The SMILES string of the molecule is COC(=O)c1cc(NC(=O)/C=C/c2ccc(F)c(Cl)c2)c(F)cc1F. The number of ether oxygens (including phenoxy) is 1. The molecule has 0 radical (unpaired) electrons. The number of benzene rings is 2. The summed E-state index contributed by atoms with van der Waals surface area (Å²) in [6.45, 7) is 0. The molecule has 2 aromatic rings. The van der Waals surface area contributed by atoms with Crippen molar-refractivity contribution >= 4 is 35.2 Å². The van der Waals surface area contributed by atoms with Gasteiger partial charge in [0.15, 0.2) is 0 Å². The molecule has 0 saturated carbocycles. The summed E-state index contributed by atoms with van der Waals surface area (Å²) in [5.74, 6) is -4.53. The second-order valence-electron chi connectivity index (χ2n) is 4.80. The van der Waals surface area contributed by atoms with Crippen molar-refractivity contribution in [2.24, 2.45) is 0 Å². The van der Waals surface area contributed by atoms with E-state index < -0.39 is 40.6 Å². The number of methoxy groups -OCH3 is 1. The van der Waals surface area contributed by atoms with Gasteiger partial charge in [0, 0.05) is 12.1 Å². The zero-order valence-electron chi connectivity index (χ0n) is 12.8. The topological polar surface area (TPSA) is 55.4 Å². The molecule has 1 N–H and O–H groups in total. The molecule has 0 aliphatic carbocycles. The highest BCUT2D eigenvalue weighted by Gasteiger charge is 2.17. The summed E-state index contributed by atoms with van der Waals surface area (Å²) in [7, 11) is 1.04. The second kappa shape index (κ2) is 7.85. The van der Waals surface area contributed by atoms with Crippen molar-refractivity contribution in [1.82, 2.24) is 0 Å². The van der Waals surface area contributed by atoms with Crippen molar-refractivity contribution in [3.63, 3.8) is 0 Å². The molecule has 0 spiro atoms. The summed E-state index contributed by atoms with van der Waals surface area (Å²) < 4.78 is 44.7. The Morgan fingerprint density at radius 1 is 1.08 bits per heavy atom. The Morgan fingerprint density at radius 3 is 2.44 bits per heavy atom. The number of esters is 1. The van der Waals surface area contributed by atoms with Crippen LogP contribution in [0.1, 0.15) is 15.9 Å². The summed E-state index contributed by atoms with van der Waals surface area (Å²) in [6, 6.07) is 5.11. The maximum Gasteiger partial charge on any atom is 0.340 e. The van der Waals surface area contributed by atoms with E-state index in [9.17, 15) is 22.8 Å². The van der Waals surface area contributed by atoms with Gasteiger partial charge in [-0.05, 0) is 29.8 Å². The van der Waals surface area contributed by atoms with Crippen LogP contribution in [0.3, 0.4) is 0 Å². The number of anilines is 1. The van der Waals surface area contributed by atoms with E-state index in [1.807, 2.05) is 0 Å². The Kier molecular flexibility index (Phi) is 5.82. The number of hydrogen-bond acceptors (Lipinski definition) is 3. The number of carbonyl (C=O) groups is 2. The normalized spacial score (nSPS) is 10.8. The molecule has 1 amide bonds. The van der Waals surface area contributed by atoms with Gasteiger partial charge in [-0.15, -0.1) is 0 Å². The van der Waals surface area contributed by atoms with Crippen LogP contribution in [0.15, 0.2) is 36.4 Å². The molecule has 0 bridgehead atoms. The monoisotopic (exact) mass is 369 g/mol. The summed E-state index contributed by atoms with van der Waals surface area (Å²) in [5, 5.41) is 2.05. The van der Waals surface area contributed by atoms with Crippen LogP contribution in [0, 0.1) is 17.5 Å². The van der Waals surface area contributed by atoms with Gasteiger partial charge in [-0.1, -0.05) is 17.7 Å². The highest BCUT2D eigenvalue weighted by Crippen LogP contribution is 2.21. The average molecular weight is 370 g/mol. The molecule has 0 aliphatic rings. The molecule has 0 fully saturated rings. The van der Waals surface area contributed by atoms with Crippen LogP contribution in [-0.4, -0.2) is 19.0 Å². The fourth-order valence-electron chi connectivity index (χ4n) is 1.87. The van der Waals surface area contributed by atoms with Crippen LogP contribution >= 0.6 is 11.6 Å². The van der Waals surface area contributed by atoms with Gasteiger partial charge in [-0.2, -0.15) is 0 Å². The third-order valence-electron chi connectivity index (χ3n) is 3.09. The highest BCUT2D eigenvalue weighted by atomic mass is 35.5.